The molecule has 1 aliphatic heterocycles. The zero-order valence-corrected chi connectivity index (χ0v) is 25.6. The molecule has 2 atom stereocenters. The predicted octanol–water partition coefficient (Wildman–Crippen LogP) is 5.05. The average molecular weight is 687 g/mol. The molecular weight excluding hydrogens is 660 g/mol. The number of alkyl carbamates (subject to hydrolysis) is 1. The average Bonchev–Trinajstić information content (AvgIpc) is 3.92. The number of rotatable bonds is 11. The van der Waals surface area contributed by atoms with Gasteiger partial charge in [0, 0.05) is 11.1 Å². The van der Waals surface area contributed by atoms with Crippen molar-refractivity contribution in [1.29, 1.82) is 0 Å². The third-order valence-corrected chi connectivity index (χ3v) is 8.83. The molecule has 7 rings (SSSR count). The van der Waals surface area contributed by atoms with E-state index < -0.39 is 49.2 Å². The number of hydrogen-bond donors (Lipinski definition) is 2. The molecule has 3 heterocycles. The number of alkyl halides is 4. The van der Waals surface area contributed by atoms with E-state index in [1.165, 1.54) is 18.2 Å². The number of carbonyl (C=O) groups excluding carboxylic acids is 2. The summed E-state index contributed by atoms with van der Waals surface area (Å²) in [5, 5.41) is 14.6. The Kier molecular flexibility index (Phi) is 8.01. The van der Waals surface area contributed by atoms with Gasteiger partial charge in [0.25, 0.3) is 12.3 Å². The molecule has 0 spiro atoms. The lowest BCUT2D eigenvalue weighted by Gasteiger charge is -2.29. The van der Waals surface area contributed by atoms with Crippen molar-refractivity contribution in [2.24, 2.45) is 10.7 Å². The Morgan fingerprint density at radius 3 is 2.52 bits per heavy atom. The molecule has 2 aromatic heterocycles. The fourth-order valence-corrected chi connectivity index (χ4v) is 5.71. The molecule has 3 N–H and O–H groups in total. The van der Waals surface area contributed by atoms with Crippen LogP contribution in [0, 0.1) is 0 Å². The Morgan fingerprint density at radius 1 is 1.10 bits per heavy atom. The van der Waals surface area contributed by atoms with E-state index in [1.807, 2.05) is 0 Å². The number of aliphatic imine (C=N–C) groups is 1. The summed E-state index contributed by atoms with van der Waals surface area (Å²) in [6.07, 6.45) is 0.915. The second-order valence-electron chi connectivity index (χ2n) is 11.7. The highest BCUT2D eigenvalue weighted by molar-refractivity contribution is 6.33. The van der Waals surface area contributed by atoms with Crippen LogP contribution in [-0.2, 0) is 9.53 Å². The second kappa shape index (κ2) is 12.2. The Hall–Kier alpha value is -5.06. The SMILES string of the molecule is NC1=N[C@H](c2ccc(-c3cnn(C4CC4)n3)cc2)C(=O)N1[C@H](COC(=O)NC1(C(F)F)CC1)c1ccc(Cl)c(-c2ncnn2C(F)F)c1. The molecular formula is C30H27ClF4N10O3. The van der Waals surface area contributed by atoms with Crippen LogP contribution in [0.3, 0.4) is 0 Å². The molecule has 13 nitrogen and oxygen atoms in total. The fourth-order valence-electron chi connectivity index (χ4n) is 5.50. The molecule has 2 aromatic carbocycles. The van der Waals surface area contributed by atoms with Gasteiger partial charge in [0.15, 0.2) is 17.8 Å². The van der Waals surface area contributed by atoms with Crippen molar-refractivity contribution in [3.63, 3.8) is 0 Å². The van der Waals surface area contributed by atoms with Crippen LogP contribution in [-0.4, -0.2) is 71.2 Å². The van der Waals surface area contributed by atoms with Crippen molar-refractivity contribution in [2.75, 3.05) is 6.61 Å². The first kappa shape index (κ1) is 31.5. The van der Waals surface area contributed by atoms with Crippen molar-refractivity contribution >= 4 is 29.6 Å². The van der Waals surface area contributed by atoms with Gasteiger partial charge in [-0.05, 0) is 48.9 Å². The molecule has 0 unspecified atom stereocenters. The van der Waals surface area contributed by atoms with Crippen LogP contribution in [0.25, 0.3) is 22.6 Å². The van der Waals surface area contributed by atoms with Gasteiger partial charge in [0.2, 0.25) is 0 Å². The highest BCUT2D eigenvalue weighted by atomic mass is 35.5. The van der Waals surface area contributed by atoms with Crippen molar-refractivity contribution < 1.29 is 31.9 Å². The molecule has 0 radical (unpaired) electrons. The molecule has 250 valence electrons. The number of benzene rings is 2. The van der Waals surface area contributed by atoms with Gasteiger partial charge in [-0.15, -0.1) is 0 Å². The van der Waals surface area contributed by atoms with Crippen LogP contribution in [0.5, 0.6) is 0 Å². The maximum Gasteiger partial charge on any atom is 0.407 e. The lowest BCUT2D eigenvalue weighted by molar-refractivity contribution is -0.129. The number of guanidine groups is 1. The number of nitrogens with two attached hydrogens (primary N) is 1. The quantitative estimate of drug-likeness (QED) is 0.208. The number of nitrogens with zero attached hydrogens (tertiary/aromatic N) is 8. The minimum absolute atomic E-state index is 0.0446. The summed E-state index contributed by atoms with van der Waals surface area (Å²) in [6.45, 7) is -3.59. The highest BCUT2D eigenvalue weighted by Gasteiger charge is 2.53. The summed E-state index contributed by atoms with van der Waals surface area (Å²) in [4.78, 5) is 37.7. The van der Waals surface area contributed by atoms with E-state index in [2.05, 4.69) is 30.6 Å². The fraction of sp³-hybridized carbons (Fsp3) is 0.367. The van der Waals surface area contributed by atoms with Crippen LogP contribution in [0.2, 0.25) is 5.02 Å². The number of carbonyl (C=O) groups is 2. The first-order valence-electron chi connectivity index (χ1n) is 14.9. The van der Waals surface area contributed by atoms with Crippen molar-refractivity contribution in [3.8, 4) is 22.6 Å². The van der Waals surface area contributed by atoms with Crippen LogP contribution in [0.1, 0.15) is 61.5 Å². The van der Waals surface area contributed by atoms with Gasteiger partial charge >= 0.3 is 12.6 Å². The molecule has 0 saturated heterocycles. The largest absolute Gasteiger partial charge is 0.447 e. The van der Waals surface area contributed by atoms with Crippen molar-refractivity contribution in [1.82, 2.24) is 40.0 Å². The van der Waals surface area contributed by atoms with Crippen LogP contribution >= 0.6 is 11.6 Å². The van der Waals surface area contributed by atoms with E-state index in [-0.39, 0.29) is 40.8 Å². The monoisotopic (exact) mass is 686 g/mol. The summed E-state index contributed by atoms with van der Waals surface area (Å²) in [5.41, 5.74) is 6.89. The maximum absolute atomic E-state index is 14.0. The minimum Gasteiger partial charge on any atom is -0.447 e. The van der Waals surface area contributed by atoms with Gasteiger partial charge in [-0.25, -0.2) is 23.6 Å². The van der Waals surface area contributed by atoms with Crippen LogP contribution < -0.4 is 11.1 Å². The van der Waals surface area contributed by atoms with E-state index in [9.17, 15) is 27.2 Å². The lowest BCUT2D eigenvalue weighted by Crippen LogP contribution is -2.45. The third-order valence-electron chi connectivity index (χ3n) is 8.50. The van der Waals surface area contributed by atoms with Gasteiger partial charge in [-0.3, -0.25) is 9.69 Å². The smallest absolute Gasteiger partial charge is 0.407 e. The molecule has 18 heteroatoms. The number of ether oxygens (including phenoxy) is 1. The Bertz CT molecular complexity index is 1890. The highest BCUT2D eigenvalue weighted by Crippen LogP contribution is 2.41. The topological polar surface area (TPSA) is 158 Å². The third kappa shape index (κ3) is 5.93. The predicted molar refractivity (Wildman–Crippen MR) is 162 cm³/mol. The van der Waals surface area contributed by atoms with Crippen LogP contribution in [0.4, 0.5) is 22.4 Å². The van der Waals surface area contributed by atoms with Gasteiger partial charge in [-0.1, -0.05) is 41.9 Å². The number of amides is 2. The van der Waals surface area contributed by atoms with Gasteiger partial charge < -0.3 is 15.8 Å². The van der Waals surface area contributed by atoms with E-state index in [1.54, 1.807) is 35.3 Å². The normalized spacial score (nSPS) is 19.1. The second-order valence-corrected chi connectivity index (χ2v) is 12.1. The summed E-state index contributed by atoms with van der Waals surface area (Å²) in [7, 11) is 0. The molecule has 2 saturated carbocycles. The van der Waals surface area contributed by atoms with Crippen molar-refractivity contribution in [3.05, 3.63) is 71.1 Å². The number of halogens is 5. The maximum atomic E-state index is 14.0. The zero-order chi connectivity index (χ0) is 33.7. The van der Waals surface area contributed by atoms with E-state index >= 15 is 0 Å². The van der Waals surface area contributed by atoms with Crippen LogP contribution in [0.15, 0.2) is 60.0 Å². The minimum atomic E-state index is -3.03. The first-order valence-corrected chi connectivity index (χ1v) is 15.3. The summed E-state index contributed by atoms with van der Waals surface area (Å²) < 4.78 is 60.0. The summed E-state index contributed by atoms with van der Waals surface area (Å²) >= 11 is 6.37. The first-order chi connectivity index (χ1) is 23.0. The molecule has 3 aliphatic rings. The molecule has 0 bridgehead atoms. The Labute approximate surface area is 274 Å². The van der Waals surface area contributed by atoms with Gasteiger partial charge in [0.05, 0.1) is 23.3 Å². The number of aromatic nitrogens is 6. The Morgan fingerprint density at radius 2 is 1.85 bits per heavy atom. The van der Waals surface area contributed by atoms with E-state index in [4.69, 9.17) is 22.1 Å². The summed E-state index contributed by atoms with van der Waals surface area (Å²) in [6, 6.07) is 9.33. The molecule has 2 fully saturated rings. The zero-order valence-electron chi connectivity index (χ0n) is 24.9. The molecule has 4 aromatic rings. The van der Waals surface area contributed by atoms with E-state index in [0.29, 0.717) is 22.0 Å². The standard InChI is InChI=1S/C30H27ClF4N10O3/c31-20-8-5-17(11-19(20)24-37-14-39-44(24)27(34)35)22(13-48-29(47)41-30(9-10-30)26(32)33)43-25(46)23(40-28(43)36)16-3-1-15(2-4-16)21-12-38-45(42-21)18-6-7-18/h1-5,8,11-12,14,18,22-23,26-27H,6-7,9-10,13H2,(H2,36,40)(H,41,47)/t22-,23-/m1/s1. The van der Waals surface area contributed by atoms with E-state index in [0.717, 1.165) is 29.6 Å². The molecule has 2 amide bonds. The molecule has 48 heavy (non-hydrogen) atoms. The Balaban J connectivity index is 1.17. The lowest BCUT2D eigenvalue weighted by atomic mass is 10.0. The number of nitrogens with one attached hydrogen (secondary N) is 1. The van der Waals surface area contributed by atoms with Crippen molar-refractivity contribution in [2.45, 2.75) is 62.3 Å². The molecule has 2 aliphatic carbocycles. The van der Waals surface area contributed by atoms with Gasteiger partial charge in [-0.2, -0.15) is 33.6 Å². The number of hydrogen-bond acceptors (Lipinski definition) is 9. The summed E-state index contributed by atoms with van der Waals surface area (Å²) in [5.74, 6) is -1.05. The van der Waals surface area contributed by atoms with Gasteiger partial charge in [0.1, 0.15) is 24.2 Å².